The minimum Gasteiger partial charge on any atom is -0.504 e. The number of halogens is 1. The first-order valence-electron chi connectivity index (χ1n) is 8.33. The fourth-order valence-electron chi connectivity index (χ4n) is 3.04. The lowest BCUT2D eigenvalue weighted by Gasteiger charge is -2.18. The summed E-state index contributed by atoms with van der Waals surface area (Å²) in [5.41, 5.74) is -0.315. The van der Waals surface area contributed by atoms with Gasteiger partial charge in [0, 0.05) is 35.1 Å². The summed E-state index contributed by atoms with van der Waals surface area (Å²) in [7, 11) is -4.24. The second-order valence-electron chi connectivity index (χ2n) is 6.19. The summed E-state index contributed by atoms with van der Waals surface area (Å²) < 4.78 is 27.9. The Morgan fingerprint density at radius 3 is 2.38 bits per heavy atom. The lowest BCUT2D eigenvalue weighted by molar-refractivity contribution is 0.404. The maximum atomic E-state index is 13.5. The average molecular weight is 429 g/mol. The van der Waals surface area contributed by atoms with Gasteiger partial charge in [0.25, 0.3) is 10.0 Å². The van der Waals surface area contributed by atoms with Crippen molar-refractivity contribution in [3.63, 3.8) is 0 Å². The van der Waals surface area contributed by atoms with Gasteiger partial charge in [0.1, 0.15) is 4.90 Å². The van der Waals surface area contributed by atoms with Crippen molar-refractivity contribution in [2.75, 3.05) is 0 Å². The molecule has 2 aromatic heterocycles. The molecule has 0 spiro atoms. The van der Waals surface area contributed by atoms with E-state index in [2.05, 4.69) is 4.98 Å². The molecule has 0 fully saturated rings. The fraction of sp³-hybridized carbons (Fsp3) is 0. The summed E-state index contributed by atoms with van der Waals surface area (Å²) in [4.78, 5) is 16.4. The molecule has 29 heavy (non-hydrogen) atoms. The molecule has 0 saturated heterocycles. The number of aromatic hydroxyl groups is 2. The molecule has 0 aliphatic rings. The minimum absolute atomic E-state index is 0.0158. The van der Waals surface area contributed by atoms with Gasteiger partial charge < -0.3 is 10.2 Å². The van der Waals surface area contributed by atoms with Crippen LogP contribution in [-0.4, -0.2) is 27.6 Å². The topological polar surface area (TPSA) is 109 Å². The summed E-state index contributed by atoms with van der Waals surface area (Å²) in [6, 6.07) is 12.5. The third kappa shape index (κ3) is 3.12. The molecule has 0 atom stereocenters. The van der Waals surface area contributed by atoms with Crippen molar-refractivity contribution in [1.82, 2.24) is 8.96 Å². The van der Waals surface area contributed by atoms with E-state index >= 15 is 0 Å². The zero-order chi connectivity index (χ0) is 20.8. The van der Waals surface area contributed by atoms with Gasteiger partial charge in [-0.1, -0.05) is 29.8 Å². The largest absolute Gasteiger partial charge is 0.504 e. The maximum Gasteiger partial charge on any atom is 0.270 e. The Morgan fingerprint density at radius 1 is 0.966 bits per heavy atom. The molecule has 0 radical (unpaired) electrons. The number of rotatable bonds is 3. The van der Waals surface area contributed by atoms with Gasteiger partial charge in [0.2, 0.25) is 0 Å². The van der Waals surface area contributed by atoms with Crippen molar-refractivity contribution >= 4 is 32.5 Å². The summed E-state index contributed by atoms with van der Waals surface area (Å²) in [5.74, 6) is -1.10. The Kier molecular flexibility index (Phi) is 4.52. The Balaban J connectivity index is 2.23. The Morgan fingerprint density at radius 2 is 1.69 bits per heavy atom. The van der Waals surface area contributed by atoms with Crippen LogP contribution < -0.4 is 5.43 Å². The molecule has 146 valence electrons. The quantitative estimate of drug-likeness (QED) is 0.484. The van der Waals surface area contributed by atoms with E-state index in [1.807, 2.05) is 0 Å². The van der Waals surface area contributed by atoms with Crippen LogP contribution in [0.25, 0.3) is 22.2 Å². The van der Waals surface area contributed by atoms with Crippen molar-refractivity contribution < 1.29 is 18.6 Å². The second-order valence-corrected chi connectivity index (χ2v) is 8.38. The molecule has 4 rings (SSSR count). The number of hydrogen-bond acceptors (Lipinski definition) is 6. The zero-order valence-corrected chi connectivity index (χ0v) is 16.2. The molecular weight excluding hydrogens is 416 g/mol. The molecule has 0 aliphatic heterocycles. The standard InChI is InChI=1S/C20H13ClN2O5S/c21-15-6-2-1-5-13(15)16-9-18(24)14-8-19(25)20(26)10-17(14)23(16)29(27,28)12-4-3-7-22-11-12/h1-11,25-26H. The van der Waals surface area contributed by atoms with E-state index < -0.39 is 27.0 Å². The molecule has 9 heteroatoms. The van der Waals surface area contributed by atoms with Crippen molar-refractivity contribution in [2.45, 2.75) is 4.90 Å². The Hall–Kier alpha value is -3.36. The van der Waals surface area contributed by atoms with Gasteiger partial charge in [-0.15, -0.1) is 0 Å². The Labute approximate surface area is 170 Å². The monoisotopic (exact) mass is 428 g/mol. The van der Waals surface area contributed by atoms with E-state index in [0.29, 0.717) is 5.56 Å². The molecule has 4 aromatic rings. The highest BCUT2D eigenvalue weighted by Crippen LogP contribution is 2.35. The van der Waals surface area contributed by atoms with E-state index in [1.54, 1.807) is 24.3 Å². The van der Waals surface area contributed by atoms with E-state index in [0.717, 1.165) is 22.2 Å². The molecule has 0 bridgehead atoms. The number of hydrogen-bond donors (Lipinski definition) is 2. The number of fused-ring (bicyclic) bond motifs is 1. The molecule has 0 amide bonds. The van der Waals surface area contributed by atoms with Crippen LogP contribution in [0.4, 0.5) is 0 Å². The SMILES string of the molecule is O=c1cc(-c2ccccc2Cl)n(S(=O)(=O)c2cccnc2)c2cc(O)c(O)cc12. The highest BCUT2D eigenvalue weighted by Gasteiger charge is 2.25. The molecule has 2 aromatic carbocycles. The lowest BCUT2D eigenvalue weighted by Crippen LogP contribution is -2.20. The van der Waals surface area contributed by atoms with Gasteiger partial charge >= 0.3 is 0 Å². The van der Waals surface area contributed by atoms with Crippen molar-refractivity contribution in [3.8, 4) is 22.8 Å². The van der Waals surface area contributed by atoms with Gasteiger partial charge in [-0.25, -0.2) is 12.4 Å². The third-order valence-electron chi connectivity index (χ3n) is 4.39. The summed E-state index contributed by atoms with van der Waals surface area (Å²) in [5, 5.41) is 20.0. The van der Waals surface area contributed by atoms with E-state index in [1.165, 1.54) is 24.5 Å². The average Bonchev–Trinajstić information content (AvgIpc) is 2.70. The summed E-state index contributed by atoms with van der Waals surface area (Å²) >= 11 is 6.27. The molecule has 0 saturated carbocycles. The normalized spacial score (nSPS) is 11.6. The van der Waals surface area contributed by atoms with E-state index in [9.17, 15) is 23.4 Å². The molecule has 7 nitrogen and oxygen atoms in total. The predicted molar refractivity (Wildman–Crippen MR) is 109 cm³/mol. The van der Waals surface area contributed by atoms with Gasteiger partial charge in [-0.05, 0) is 24.3 Å². The van der Waals surface area contributed by atoms with Gasteiger partial charge in [-0.2, -0.15) is 0 Å². The highest BCUT2D eigenvalue weighted by molar-refractivity contribution is 7.90. The van der Waals surface area contributed by atoms with Crippen LogP contribution in [0.2, 0.25) is 5.02 Å². The molecule has 2 heterocycles. The van der Waals surface area contributed by atoms with E-state index in [-0.39, 0.29) is 26.5 Å². The fourth-order valence-corrected chi connectivity index (χ4v) is 4.75. The first-order valence-corrected chi connectivity index (χ1v) is 10.1. The third-order valence-corrected chi connectivity index (χ3v) is 6.43. The van der Waals surface area contributed by atoms with E-state index in [4.69, 9.17) is 11.6 Å². The second kappa shape index (κ2) is 6.91. The molecular formula is C20H13ClN2O5S. The zero-order valence-electron chi connectivity index (χ0n) is 14.7. The number of pyridine rings is 2. The number of phenols is 2. The van der Waals surface area contributed by atoms with Crippen LogP contribution >= 0.6 is 11.6 Å². The number of aromatic nitrogens is 2. The number of nitrogens with zero attached hydrogens (tertiary/aromatic N) is 2. The summed E-state index contributed by atoms with van der Waals surface area (Å²) in [6.45, 7) is 0. The Bertz CT molecular complexity index is 1420. The van der Waals surface area contributed by atoms with Crippen molar-refractivity contribution in [3.05, 3.63) is 82.2 Å². The van der Waals surface area contributed by atoms with Crippen LogP contribution in [0.1, 0.15) is 0 Å². The first-order chi connectivity index (χ1) is 13.8. The van der Waals surface area contributed by atoms with Gasteiger partial charge in [0.15, 0.2) is 16.9 Å². The summed E-state index contributed by atoms with van der Waals surface area (Å²) in [6.07, 6.45) is 2.61. The highest BCUT2D eigenvalue weighted by atomic mass is 35.5. The van der Waals surface area contributed by atoms with Crippen LogP contribution in [0, 0.1) is 0 Å². The van der Waals surface area contributed by atoms with Crippen LogP contribution in [0.5, 0.6) is 11.5 Å². The predicted octanol–water partition coefficient (Wildman–Crippen LogP) is 3.37. The number of phenolic OH excluding ortho intramolecular Hbond substituents is 2. The van der Waals surface area contributed by atoms with Crippen LogP contribution in [0.3, 0.4) is 0 Å². The molecule has 0 unspecified atom stereocenters. The molecule has 2 N–H and O–H groups in total. The minimum atomic E-state index is -4.24. The van der Waals surface area contributed by atoms with Crippen molar-refractivity contribution in [2.24, 2.45) is 0 Å². The van der Waals surface area contributed by atoms with Crippen molar-refractivity contribution in [1.29, 1.82) is 0 Å². The van der Waals surface area contributed by atoms with Crippen LogP contribution in [-0.2, 0) is 10.0 Å². The molecule has 0 aliphatic carbocycles. The van der Waals surface area contributed by atoms with Crippen LogP contribution in [0.15, 0.2) is 76.7 Å². The first kappa shape index (κ1) is 19.0. The maximum absolute atomic E-state index is 13.5. The van der Waals surface area contributed by atoms with Gasteiger partial charge in [-0.3, -0.25) is 9.78 Å². The number of benzene rings is 2. The lowest BCUT2D eigenvalue weighted by atomic mass is 10.1. The smallest absolute Gasteiger partial charge is 0.270 e. The van der Waals surface area contributed by atoms with Gasteiger partial charge in [0.05, 0.1) is 16.6 Å².